The molecule has 6 nitrogen and oxygen atoms in total. The summed E-state index contributed by atoms with van der Waals surface area (Å²) in [6.07, 6.45) is 1.20. The molecule has 26 heavy (non-hydrogen) atoms. The van der Waals surface area contributed by atoms with Crippen LogP contribution in [0.1, 0.15) is 18.4 Å². The van der Waals surface area contributed by atoms with Gasteiger partial charge < -0.3 is 19.5 Å². The second-order valence-electron chi connectivity index (χ2n) is 6.12. The molecule has 1 N–H and O–H groups in total. The number of rotatable bonds is 7. The average molecular weight is 355 g/mol. The van der Waals surface area contributed by atoms with E-state index in [1.54, 1.807) is 24.3 Å². The Morgan fingerprint density at radius 2 is 1.65 bits per heavy atom. The van der Waals surface area contributed by atoms with Crippen molar-refractivity contribution >= 4 is 11.9 Å². The van der Waals surface area contributed by atoms with Crippen LogP contribution in [0.15, 0.2) is 54.6 Å². The zero-order valence-corrected chi connectivity index (χ0v) is 14.3. The lowest BCUT2D eigenvalue weighted by Gasteiger charge is -2.21. The maximum Gasteiger partial charge on any atom is 0.326 e. The highest BCUT2D eigenvalue weighted by atomic mass is 16.5. The SMILES string of the molecule is O=C(O)[C@@H]1CCCN1C(=O)COc1ccc(OCc2ccccc2)cc1. The van der Waals surface area contributed by atoms with Gasteiger partial charge in [0.05, 0.1) is 0 Å². The Morgan fingerprint density at radius 1 is 1.00 bits per heavy atom. The molecule has 1 aliphatic heterocycles. The second kappa shape index (κ2) is 8.38. The Kier molecular flexibility index (Phi) is 5.73. The molecule has 0 aromatic heterocycles. The lowest BCUT2D eigenvalue weighted by atomic mass is 10.2. The van der Waals surface area contributed by atoms with Crippen molar-refractivity contribution < 1.29 is 24.2 Å². The lowest BCUT2D eigenvalue weighted by Crippen LogP contribution is -2.42. The molecule has 0 radical (unpaired) electrons. The fourth-order valence-corrected chi connectivity index (χ4v) is 2.92. The minimum Gasteiger partial charge on any atom is -0.489 e. The summed E-state index contributed by atoms with van der Waals surface area (Å²) < 4.78 is 11.2. The minimum atomic E-state index is -0.962. The van der Waals surface area contributed by atoms with Gasteiger partial charge in [0.1, 0.15) is 24.1 Å². The van der Waals surface area contributed by atoms with E-state index in [-0.39, 0.29) is 12.5 Å². The van der Waals surface area contributed by atoms with Crippen molar-refractivity contribution in [1.82, 2.24) is 4.90 Å². The van der Waals surface area contributed by atoms with Gasteiger partial charge in [-0.2, -0.15) is 0 Å². The van der Waals surface area contributed by atoms with Gasteiger partial charge in [-0.25, -0.2) is 4.79 Å². The van der Waals surface area contributed by atoms with Crippen LogP contribution < -0.4 is 9.47 Å². The van der Waals surface area contributed by atoms with Crippen LogP contribution >= 0.6 is 0 Å². The molecule has 1 aliphatic rings. The lowest BCUT2D eigenvalue weighted by molar-refractivity contribution is -0.148. The molecule has 0 bridgehead atoms. The molecule has 0 unspecified atom stereocenters. The normalized spacial score (nSPS) is 16.3. The maximum atomic E-state index is 12.2. The van der Waals surface area contributed by atoms with Gasteiger partial charge in [-0.1, -0.05) is 30.3 Å². The first-order valence-corrected chi connectivity index (χ1v) is 8.55. The van der Waals surface area contributed by atoms with Crippen LogP contribution in [0.5, 0.6) is 11.5 Å². The monoisotopic (exact) mass is 355 g/mol. The molecule has 1 fully saturated rings. The number of ether oxygens (including phenoxy) is 2. The smallest absolute Gasteiger partial charge is 0.326 e. The fraction of sp³-hybridized carbons (Fsp3) is 0.300. The largest absolute Gasteiger partial charge is 0.489 e. The van der Waals surface area contributed by atoms with Crippen molar-refractivity contribution in [3.63, 3.8) is 0 Å². The number of hydrogen-bond acceptors (Lipinski definition) is 4. The molecule has 1 saturated heterocycles. The third-order valence-electron chi connectivity index (χ3n) is 4.29. The Labute approximate surface area is 152 Å². The number of nitrogens with zero attached hydrogens (tertiary/aromatic N) is 1. The summed E-state index contributed by atoms with van der Waals surface area (Å²) in [5, 5.41) is 9.13. The van der Waals surface area contributed by atoms with Gasteiger partial charge in [-0.05, 0) is 42.7 Å². The van der Waals surface area contributed by atoms with Crippen LogP contribution in [-0.4, -0.2) is 41.1 Å². The van der Waals surface area contributed by atoms with E-state index >= 15 is 0 Å². The third-order valence-corrected chi connectivity index (χ3v) is 4.29. The van der Waals surface area contributed by atoms with E-state index in [4.69, 9.17) is 14.6 Å². The first-order valence-electron chi connectivity index (χ1n) is 8.55. The molecule has 3 rings (SSSR count). The van der Waals surface area contributed by atoms with Crippen molar-refractivity contribution in [3.05, 3.63) is 60.2 Å². The highest BCUT2D eigenvalue weighted by molar-refractivity contribution is 5.85. The topological polar surface area (TPSA) is 76.1 Å². The van der Waals surface area contributed by atoms with E-state index < -0.39 is 12.0 Å². The van der Waals surface area contributed by atoms with Crippen molar-refractivity contribution in [1.29, 1.82) is 0 Å². The van der Waals surface area contributed by atoms with Gasteiger partial charge in [0.25, 0.3) is 5.91 Å². The van der Waals surface area contributed by atoms with Gasteiger partial charge in [0.15, 0.2) is 6.61 Å². The summed E-state index contributed by atoms with van der Waals surface area (Å²) in [6.45, 7) is 0.768. The Balaban J connectivity index is 1.48. The Hall–Kier alpha value is -3.02. The number of benzene rings is 2. The van der Waals surface area contributed by atoms with E-state index in [9.17, 15) is 9.59 Å². The maximum absolute atomic E-state index is 12.2. The number of carbonyl (C=O) groups is 2. The summed E-state index contributed by atoms with van der Waals surface area (Å²) in [5.74, 6) is -0.0235. The van der Waals surface area contributed by atoms with Crippen molar-refractivity contribution in [2.75, 3.05) is 13.2 Å². The fourth-order valence-electron chi connectivity index (χ4n) is 2.92. The summed E-state index contributed by atoms with van der Waals surface area (Å²) in [4.78, 5) is 24.7. The van der Waals surface area contributed by atoms with Gasteiger partial charge in [-0.3, -0.25) is 4.79 Å². The van der Waals surface area contributed by atoms with Gasteiger partial charge in [-0.15, -0.1) is 0 Å². The predicted octanol–water partition coefficient (Wildman–Crippen LogP) is 2.72. The standard InChI is InChI=1S/C20H21NO5/c22-19(21-12-4-7-18(21)20(23)24)14-26-17-10-8-16(9-11-17)25-13-15-5-2-1-3-6-15/h1-3,5-6,8-11,18H,4,7,12-14H2,(H,23,24)/t18-/m0/s1. The van der Waals surface area contributed by atoms with Gasteiger partial charge in [0, 0.05) is 6.54 Å². The Bertz CT molecular complexity index is 745. The minimum absolute atomic E-state index is 0.173. The highest BCUT2D eigenvalue weighted by Gasteiger charge is 2.33. The first kappa shape index (κ1) is 17.8. The van der Waals surface area contributed by atoms with Crippen LogP contribution in [0.2, 0.25) is 0 Å². The molecular weight excluding hydrogens is 334 g/mol. The zero-order chi connectivity index (χ0) is 18.4. The molecule has 0 aliphatic carbocycles. The first-order chi connectivity index (χ1) is 12.6. The number of carboxylic acid groups (broad SMARTS) is 1. The summed E-state index contributed by atoms with van der Waals surface area (Å²) in [5.41, 5.74) is 1.08. The van der Waals surface area contributed by atoms with Crippen molar-refractivity contribution in [2.24, 2.45) is 0 Å². The second-order valence-corrected chi connectivity index (χ2v) is 6.12. The van der Waals surface area contributed by atoms with Gasteiger partial charge in [0.2, 0.25) is 0 Å². The van der Waals surface area contributed by atoms with E-state index in [1.165, 1.54) is 4.90 Å². The van der Waals surface area contributed by atoms with E-state index in [1.807, 2.05) is 30.3 Å². The predicted molar refractivity (Wildman–Crippen MR) is 95.1 cm³/mol. The Morgan fingerprint density at radius 3 is 2.31 bits per heavy atom. The molecule has 0 saturated carbocycles. The molecular formula is C20H21NO5. The molecule has 2 aromatic rings. The quantitative estimate of drug-likeness (QED) is 0.826. The zero-order valence-electron chi connectivity index (χ0n) is 14.3. The molecule has 136 valence electrons. The highest BCUT2D eigenvalue weighted by Crippen LogP contribution is 2.20. The summed E-state index contributed by atoms with van der Waals surface area (Å²) in [7, 11) is 0. The van der Waals surface area contributed by atoms with Crippen LogP contribution in [-0.2, 0) is 16.2 Å². The number of aliphatic carboxylic acids is 1. The van der Waals surface area contributed by atoms with Crippen molar-refractivity contribution in [3.8, 4) is 11.5 Å². The molecule has 1 atom stereocenters. The van der Waals surface area contributed by atoms with Crippen LogP contribution in [0, 0.1) is 0 Å². The number of amides is 1. The average Bonchev–Trinajstić information content (AvgIpc) is 3.16. The van der Waals surface area contributed by atoms with Gasteiger partial charge >= 0.3 is 5.97 Å². The molecule has 1 amide bonds. The number of carbonyl (C=O) groups excluding carboxylic acids is 1. The van der Waals surface area contributed by atoms with E-state index in [2.05, 4.69) is 0 Å². The van der Waals surface area contributed by atoms with Crippen LogP contribution in [0.25, 0.3) is 0 Å². The van der Waals surface area contributed by atoms with E-state index in [0.29, 0.717) is 37.5 Å². The number of likely N-dealkylation sites (tertiary alicyclic amines) is 1. The summed E-state index contributed by atoms with van der Waals surface area (Å²) >= 11 is 0. The van der Waals surface area contributed by atoms with E-state index in [0.717, 1.165) is 5.56 Å². The third kappa shape index (κ3) is 4.53. The molecule has 2 aromatic carbocycles. The van der Waals surface area contributed by atoms with Crippen molar-refractivity contribution in [2.45, 2.75) is 25.5 Å². The summed E-state index contributed by atoms with van der Waals surface area (Å²) in [6, 6.07) is 16.1. The van der Waals surface area contributed by atoms with Crippen LogP contribution in [0.4, 0.5) is 0 Å². The van der Waals surface area contributed by atoms with Crippen LogP contribution in [0.3, 0.4) is 0 Å². The molecule has 1 heterocycles. The number of hydrogen-bond donors (Lipinski definition) is 1. The molecule has 6 heteroatoms. The molecule has 0 spiro atoms. The number of carboxylic acids is 1.